The summed E-state index contributed by atoms with van der Waals surface area (Å²) in [4.78, 5) is 11.2. The van der Waals surface area contributed by atoms with E-state index in [0.29, 0.717) is 10.8 Å². The maximum Gasteiger partial charge on any atom is 0.411 e. The number of amides is 1. The van der Waals surface area contributed by atoms with Crippen LogP contribution in [0.15, 0.2) is 24.3 Å². The molecular weight excluding hydrogens is 288 g/mol. The van der Waals surface area contributed by atoms with Crippen molar-refractivity contribution >= 4 is 34.8 Å². The third-order valence-electron chi connectivity index (χ3n) is 3.17. The van der Waals surface area contributed by atoms with Crippen molar-refractivity contribution in [1.29, 1.82) is 0 Å². The third-order valence-corrected chi connectivity index (χ3v) is 3.36. The van der Waals surface area contributed by atoms with Crippen LogP contribution < -0.4 is 16.1 Å². The molecule has 0 unspecified atom stereocenters. The smallest absolute Gasteiger partial charge is 0.411 e. The Morgan fingerprint density at radius 1 is 1.19 bits per heavy atom. The molecule has 1 fully saturated rings. The van der Waals surface area contributed by atoms with Crippen molar-refractivity contribution in [3.8, 4) is 0 Å². The zero-order valence-corrected chi connectivity index (χ0v) is 12.8. The van der Waals surface area contributed by atoms with Gasteiger partial charge in [-0.2, -0.15) is 0 Å². The highest BCUT2D eigenvalue weighted by Gasteiger charge is 2.11. The molecule has 1 aromatic rings. The van der Waals surface area contributed by atoms with Crippen LogP contribution in [-0.4, -0.2) is 36.4 Å². The largest absolute Gasteiger partial charge is 0.453 e. The summed E-state index contributed by atoms with van der Waals surface area (Å²) in [7, 11) is 1.33. The van der Waals surface area contributed by atoms with Gasteiger partial charge in [0.05, 0.1) is 7.11 Å². The van der Waals surface area contributed by atoms with E-state index in [4.69, 9.17) is 12.2 Å². The maximum atomic E-state index is 11.2. The van der Waals surface area contributed by atoms with E-state index in [-0.39, 0.29) is 0 Å². The Kier molecular flexibility index (Phi) is 5.77. The van der Waals surface area contributed by atoms with E-state index in [9.17, 15) is 4.79 Å². The van der Waals surface area contributed by atoms with Gasteiger partial charge in [0.25, 0.3) is 0 Å². The van der Waals surface area contributed by atoms with Gasteiger partial charge in [0.2, 0.25) is 0 Å². The second-order valence-electron chi connectivity index (χ2n) is 4.81. The molecule has 0 saturated carbocycles. The van der Waals surface area contributed by atoms with Gasteiger partial charge in [0.15, 0.2) is 5.11 Å². The molecule has 1 aromatic carbocycles. The summed E-state index contributed by atoms with van der Waals surface area (Å²) in [5, 5.41) is 8.39. The van der Waals surface area contributed by atoms with Crippen LogP contribution in [0.5, 0.6) is 0 Å². The number of nitrogens with one attached hydrogen (secondary N) is 3. The second-order valence-corrected chi connectivity index (χ2v) is 5.22. The number of thiocarbonyl (C=S) groups is 1. The number of hydrogen-bond acceptors (Lipinski definition) is 4. The lowest BCUT2D eigenvalue weighted by Crippen LogP contribution is -2.46. The normalized spacial score (nSPS) is 15.1. The predicted molar refractivity (Wildman–Crippen MR) is 87.3 cm³/mol. The van der Waals surface area contributed by atoms with Crippen molar-refractivity contribution in [2.45, 2.75) is 19.3 Å². The highest BCUT2D eigenvalue weighted by Crippen LogP contribution is 2.15. The lowest BCUT2D eigenvalue weighted by molar-refractivity contribution is 0.187. The van der Waals surface area contributed by atoms with Crippen LogP contribution in [0.4, 0.5) is 16.2 Å². The molecule has 0 atom stereocenters. The fraction of sp³-hybridized carbons (Fsp3) is 0.429. The number of piperidine rings is 1. The Balaban J connectivity index is 1.87. The van der Waals surface area contributed by atoms with E-state index < -0.39 is 6.09 Å². The first-order valence-electron chi connectivity index (χ1n) is 6.95. The van der Waals surface area contributed by atoms with Crippen LogP contribution in [0.25, 0.3) is 0 Å². The monoisotopic (exact) mass is 308 g/mol. The number of ether oxygens (including phenoxy) is 1. The summed E-state index contributed by atoms with van der Waals surface area (Å²) < 4.78 is 4.56. The summed E-state index contributed by atoms with van der Waals surface area (Å²) in [5.41, 5.74) is 4.63. The second kappa shape index (κ2) is 7.80. The van der Waals surface area contributed by atoms with E-state index >= 15 is 0 Å². The Hall–Kier alpha value is -1.86. The van der Waals surface area contributed by atoms with Crippen LogP contribution in [0.3, 0.4) is 0 Å². The number of methoxy groups -OCH3 is 1. The number of hydrazine groups is 1. The van der Waals surface area contributed by atoms with Crippen molar-refractivity contribution in [1.82, 2.24) is 10.4 Å². The molecular formula is C14H20N4O2S. The third kappa shape index (κ3) is 5.20. The van der Waals surface area contributed by atoms with E-state index in [0.717, 1.165) is 18.8 Å². The van der Waals surface area contributed by atoms with Crippen LogP contribution in [0, 0.1) is 0 Å². The minimum atomic E-state index is -0.499. The van der Waals surface area contributed by atoms with Crippen molar-refractivity contribution in [2.75, 3.05) is 30.8 Å². The molecule has 114 valence electrons. The van der Waals surface area contributed by atoms with E-state index in [1.54, 1.807) is 12.1 Å². The fourth-order valence-corrected chi connectivity index (χ4v) is 2.40. The van der Waals surface area contributed by atoms with E-state index in [1.807, 2.05) is 12.1 Å². The molecule has 2 rings (SSSR count). The van der Waals surface area contributed by atoms with Gasteiger partial charge < -0.3 is 10.1 Å². The van der Waals surface area contributed by atoms with Crippen LogP contribution >= 0.6 is 12.2 Å². The van der Waals surface area contributed by atoms with Crippen LogP contribution in [0.2, 0.25) is 0 Å². The number of anilines is 2. The lowest BCUT2D eigenvalue weighted by atomic mass is 10.2. The van der Waals surface area contributed by atoms with E-state index in [2.05, 4.69) is 25.8 Å². The average Bonchev–Trinajstić information content (AvgIpc) is 2.48. The molecule has 0 radical (unpaired) electrons. The summed E-state index contributed by atoms with van der Waals surface area (Å²) in [5.74, 6) is 0. The topological polar surface area (TPSA) is 65.6 Å². The molecule has 0 aliphatic carbocycles. The average molecular weight is 308 g/mol. The molecule has 21 heavy (non-hydrogen) atoms. The molecule has 7 heteroatoms. The molecule has 0 spiro atoms. The number of benzene rings is 1. The van der Waals surface area contributed by atoms with Crippen LogP contribution in [-0.2, 0) is 4.74 Å². The molecule has 6 nitrogen and oxygen atoms in total. The Labute approximate surface area is 129 Å². The van der Waals surface area contributed by atoms with E-state index in [1.165, 1.54) is 26.4 Å². The molecule has 0 aromatic heterocycles. The number of carbonyl (C=O) groups excluding carboxylic acids is 1. The zero-order chi connectivity index (χ0) is 15.1. The van der Waals surface area contributed by atoms with Gasteiger partial charge in [0, 0.05) is 24.5 Å². The lowest BCUT2D eigenvalue weighted by Gasteiger charge is -2.28. The Morgan fingerprint density at radius 3 is 2.52 bits per heavy atom. The van der Waals surface area contributed by atoms with Crippen LogP contribution in [0.1, 0.15) is 19.3 Å². The molecule has 1 saturated heterocycles. The maximum absolute atomic E-state index is 11.2. The zero-order valence-electron chi connectivity index (χ0n) is 12.0. The number of carbonyl (C=O) groups is 1. The van der Waals surface area contributed by atoms with Crippen molar-refractivity contribution in [3.63, 3.8) is 0 Å². The quantitative estimate of drug-likeness (QED) is 0.746. The van der Waals surface area contributed by atoms with Gasteiger partial charge in [-0.3, -0.25) is 10.7 Å². The number of nitrogens with zero attached hydrogens (tertiary/aromatic N) is 1. The number of rotatable bonds is 3. The first kappa shape index (κ1) is 15.5. The van der Waals surface area contributed by atoms with Gasteiger partial charge >= 0.3 is 6.09 Å². The van der Waals surface area contributed by atoms with Gasteiger partial charge in [-0.15, -0.1) is 0 Å². The highest BCUT2D eigenvalue weighted by atomic mass is 32.1. The summed E-state index contributed by atoms with van der Waals surface area (Å²) in [6.07, 6.45) is 3.16. The van der Waals surface area contributed by atoms with Gasteiger partial charge in [-0.25, -0.2) is 9.80 Å². The first-order valence-corrected chi connectivity index (χ1v) is 7.36. The molecule has 1 aliphatic rings. The molecule has 1 aliphatic heterocycles. The van der Waals surface area contributed by atoms with Crippen molar-refractivity contribution in [3.05, 3.63) is 24.3 Å². The van der Waals surface area contributed by atoms with Gasteiger partial charge in [0.1, 0.15) is 0 Å². The Bertz CT molecular complexity index is 504. The summed E-state index contributed by atoms with van der Waals surface area (Å²) in [6.45, 7) is 2.01. The molecule has 1 heterocycles. The summed E-state index contributed by atoms with van der Waals surface area (Å²) >= 11 is 5.29. The van der Waals surface area contributed by atoms with Crippen molar-refractivity contribution < 1.29 is 9.53 Å². The molecule has 0 bridgehead atoms. The minimum Gasteiger partial charge on any atom is -0.453 e. The standard InChI is InChI=1S/C14H20N4O2S/c1-20-14(19)16-12-7-5-6-11(10-12)15-13(21)17-18-8-3-2-4-9-18/h5-7,10H,2-4,8-9H2,1H3,(H,16,19)(H2,15,17,21). The SMILES string of the molecule is COC(=O)Nc1cccc(NC(=S)NN2CCCCC2)c1. The molecule has 1 amide bonds. The van der Waals surface area contributed by atoms with Gasteiger partial charge in [-0.1, -0.05) is 12.5 Å². The minimum absolute atomic E-state index is 0.499. The fourth-order valence-electron chi connectivity index (χ4n) is 2.15. The highest BCUT2D eigenvalue weighted by molar-refractivity contribution is 7.80. The Morgan fingerprint density at radius 2 is 1.86 bits per heavy atom. The van der Waals surface area contributed by atoms with Gasteiger partial charge in [-0.05, 0) is 43.3 Å². The first-order chi connectivity index (χ1) is 10.2. The number of hydrogen-bond donors (Lipinski definition) is 3. The predicted octanol–water partition coefficient (Wildman–Crippen LogP) is 2.55. The summed E-state index contributed by atoms with van der Waals surface area (Å²) in [6, 6.07) is 7.29. The molecule has 3 N–H and O–H groups in total. The van der Waals surface area contributed by atoms with Crippen molar-refractivity contribution in [2.24, 2.45) is 0 Å².